The zero-order chi connectivity index (χ0) is 11.7. The first-order valence-electron chi connectivity index (χ1n) is 5.55. The van der Waals surface area contributed by atoms with Crippen LogP contribution in [-0.2, 0) is 4.74 Å². The quantitative estimate of drug-likeness (QED) is 0.584. The van der Waals surface area contributed by atoms with Gasteiger partial charge in [0.25, 0.3) is 0 Å². The van der Waals surface area contributed by atoms with Crippen LogP contribution in [0.3, 0.4) is 0 Å². The largest absolute Gasteiger partial charge is 0.394 e. The summed E-state index contributed by atoms with van der Waals surface area (Å²) in [6, 6.07) is -0.553. The van der Waals surface area contributed by atoms with E-state index in [1.54, 1.807) is 0 Å². The second-order valence-electron chi connectivity index (χ2n) is 4.13. The topological polar surface area (TPSA) is 74.1 Å². The van der Waals surface area contributed by atoms with Crippen molar-refractivity contribution < 1.29 is 19.3 Å². The average Bonchev–Trinajstić information content (AvgIpc) is 2.67. The summed E-state index contributed by atoms with van der Waals surface area (Å²) in [6.45, 7) is 2.16. The molecule has 0 spiro atoms. The highest BCUT2D eigenvalue weighted by atomic mass is 19.1. The molecule has 3 N–H and O–H groups in total. The predicted molar refractivity (Wildman–Crippen MR) is 56.2 cm³/mol. The molecule has 0 radical (unpaired) electrons. The van der Waals surface area contributed by atoms with Crippen molar-refractivity contribution in [3.8, 4) is 0 Å². The third kappa shape index (κ3) is 1.92. The number of amidine groups is 1. The van der Waals surface area contributed by atoms with Crippen LogP contribution in [-0.4, -0.2) is 59.7 Å². The summed E-state index contributed by atoms with van der Waals surface area (Å²) in [5.74, 6) is 0.714. The Morgan fingerprint density at radius 2 is 2.38 bits per heavy atom. The molecule has 0 bridgehead atoms. The molecule has 2 fully saturated rings. The number of ether oxygens (including phenoxy) is 1. The van der Waals surface area contributed by atoms with Crippen molar-refractivity contribution in [3.05, 3.63) is 0 Å². The molecule has 2 saturated heterocycles. The van der Waals surface area contributed by atoms with Crippen molar-refractivity contribution in [2.45, 2.75) is 43.9 Å². The smallest absolute Gasteiger partial charge is 0.151 e. The van der Waals surface area contributed by atoms with Gasteiger partial charge in [0.15, 0.2) is 6.17 Å². The van der Waals surface area contributed by atoms with Crippen LogP contribution in [0.4, 0.5) is 4.39 Å². The number of hydrogen-bond donors (Lipinski definition) is 3. The maximum Gasteiger partial charge on any atom is 0.151 e. The van der Waals surface area contributed by atoms with E-state index in [2.05, 4.69) is 10.3 Å². The van der Waals surface area contributed by atoms with Crippen LogP contribution in [0.5, 0.6) is 0 Å². The molecule has 0 aromatic heterocycles. The predicted octanol–water partition coefficient (Wildman–Crippen LogP) is -0.775. The Morgan fingerprint density at radius 1 is 1.62 bits per heavy atom. The Balaban J connectivity index is 2.10. The molecule has 6 heteroatoms. The lowest BCUT2D eigenvalue weighted by molar-refractivity contribution is -0.167. The highest BCUT2D eigenvalue weighted by Crippen LogP contribution is 2.29. The zero-order valence-electron chi connectivity index (χ0n) is 9.14. The second kappa shape index (κ2) is 4.65. The third-order valence-corrected chi connectivity index (χ3v) is 3.06. The highest BCUT2D eigenvalue weighted by Gasteiger charge is 2.49. The first-order valence-corrected chi connectivity index (χ1v) is 5.55. The van der Waals surface area contributed by atoms with E-state index in [9.17, 15) is 9.50 Å². The fourth-order valence-corrected chi connectivity index (χ4v) is 2.25. The normalized spacial score (nSPS) is 45.5. The van der Waals surface area contributed by atoms with E-state index in [0.717, 1.165) is 0 Å². The number of nitrogens with zero attached hydrogens (tertiary/aromatic N) is 1. The highest BCUT2D eigenvalue weighted by molar-refractivity contribution is 5.85. The number of rotatable bonds is 2. The van der Waals surface area contributed by atoms with Gasteiger partial charge >= 0.3 is 0 Å². The lowest BCUT2D eigenvalue weighted by Gasteiger charge is -2.37. The Hall–Kier alpha value is -0.720. The summed E-state index contributed by atoms with van der Waals surface area (Å²) in [7, 11) is 0. The molecule has 2 rings (SSSR count). The maximum atomic E-state index is 13.8. The third-order valence-electron chi connectivity index (χ3n) is 3.06. The summed E-state index contributed by atoms with van der Waals surface area (Å²) in [5.41, 5.74) is 0. The maximum absolute atomic E-state index is 13.8. The van der Waals surface area contributed by atoms with Crippen molar-refractivity contribution in [2.75, 3.05) is 13.2 Å². The number of hydrogen-bond acceptors (Lipinski definition) is 4. The molecule has 92 valence electrons. The summed E-state index contributed by atoms with van der Waals surface area (Å²) in [6.07, 6.45) is -3.37. The van der Waals surface area contributed by atoms with E-state index >= 15 is 0 Å². The molecule has 5 atom stereocenters. The molecule has 0 unspecified atom stereocenters. The molecule has 2 heterocycles. The van der Waals surface area contributed by atoms with Gasteiger partial charge in [0.1, 0.15) is 12.2 Å². The molecular formula is C10H17FN2O3. The number of aliphatic hydroxyl groups is 2. The summed E-state index contributed by atoms with van der Waals surface area (Å²) < 4.78 is 19.3. The Labute approximate surface area is 93.3 Å². The van der Waals surface area contributed by atoms with Crippen LogP contribution in [0.15, 0.2) is 4.99 Å². The molecule has 0 saturated carbocycles. The van der Waals surface area contributed by atoms with Crippen molar-refractivity contribution in [2.24, 2.45) is 4.99 Å². The van der Waals surface area contributed by atoms with Crippen molar-refractivity contribution in [3.63, 3.8) is 0 Å². The van der Waals surface area contributed by atoms with Crippen molar-refractivity contribution in [1.82, 2.24) is 5.32 Å². The fourth-order valence-electron chi connectivity index (χ4n) is 2.25. The summed E-state index contributed by atoms with van der Waals surface area (Å²) in [4.78, 5) is 4.17. The number of halogens is 1. The van der Waals surface area contributed by atoms with Crippen LogP contribution >= 0.6 is 0 Å². The Bertz CT molecular complexity index is 287. The van der Waals surface area contributed by atoms with Crippen LogP contribution in [0.1, 0.15) is 13.3 Å². The van der Waals surface area contributed by atoms with Crippen LogP contribution in [0.25, 0.3) is 0 Å². The van der Waals surface area contributed by atoms with Crippen LogP contribution in [0.2, 0.25) is 0 Å². The summed E-state index contributed by atoms with van der Waals surface area (Å²) >= 11 is 0. The number of fused-ring (bicyclic) bond motifs is 1. The van der Waals surface area contributed by atoms with Crippen molar-refractivity contribution >= 4 is 5.84 Å². The number of nitrogens with one attached hydrogen (secondary N) is 1. The van der Waals surface area contributed by atoms with E-state index < -0.39 is 24.4 Å². The first kappa shape index (κ1) is 11.8. The van der Waals surface area contributed by atoms with Crippen LogP contribution < -0.4 is 5.32 Å². The molecule has 0 aromatic rings. The molecule has 2 aliphatic rings. The molecule has 0 aromatic carbocycles. The SMILES string of the molecule is CCN=C1C[C@H]2O[C@H](CO)[C@@H](O)[C@H](F)[C@H]2N1. The molecule has 16 heavy (non-hydrogen) atoms. The standard InChI is InChI=1S/C10H17FN2O3/c1-2-12-7-3-5-9(13-7)8(11)10(15)6(4-14)16-5/h5-6,8-10,14-15H,2-4H2,1H3,(H,12,13)/t5-,6-,8-,9+,10-/m1/s1. The second-order valence-corrected chi connectivity index (χ2v) is 4.13. The zero-order valence-corrected chi connectivity index (χ0v) is 9.14. The monoisotopic (exact) mass is 232 g/mol. The van der Waals surface area contributed by atoms with Gasteiger partial charge in [-0.1, -0.05) is 0 Å². The molecule has 0 aliphatic carbocycles. The molecule has 5 nitrogen and oxygen atoms in total. The lowest BCUT2D eigenvalue weighted by Crippen LogP contribution is -2.58. The minimum atomic E-state index is -1.43. The van der Waals surface area contributed by atoms with E-state index in [4.69, 9.17) is 9.84 Å². The first-order chi connectivity index (χ1) is 7.67. The van der Waals surface area contributed by atoms with Crippen LogP contribution in [0, 0.1) is 0 Å². The van der Waals surface area contributed by atoms with Gasteiger partial charge in [-0.15, -0.1) is 0 Å². The van der Waals surface area contributed by atoms with Crippen molar-refractivity contribution in [1.29, 1.82) is 0 Å². The molecule has 2 aliphatic heterocycles. The van der Waals surface area contributed by atoms with Gasteiger partial charge in [0.2, 0.25) is 0 Å². The van der Waals surface area contributed by atoms with E-state index in [1.807, 2.05) is 6.92 Å². The van der Waals surface area contributed by atoms with E-state index in [1.165, 1.54) is 0 Å². The average molecular weight is 232 g/mol. The molecular weight excluding hydrogens is 215 g/mol. The Kier molecular flexibility index (Phi) is 3.41. The number of aliphatic imine (C=N–C) groups is 1. The van der Waals surface area contributed by atoms with Gasteiger partial charge in [-0.25, -0.2) is 4.39 Å². The van der Waals surface area contributed by atoms with Gasteiger partial charge in [-0.3, -0.25) is 4.99 Å². The Morgan fingerprint density at radius 3 is 3.00 bits per heavy atom. The fraction of sp³-hybridized carbons (Fsp3) is 0.900. The molecule has 0 amide bonds. The van der Waals surface area contributed by atoms with Gasteiger partial charge in [-0.05, 0) is 6.92 Å². The van der Waals surface area contributed by atoms with Gasteiger partial charge in [-0.2, -0.15) is 0 Å². The van der Waals surface area contributed by atoms with Gasteiger partial charge < -0.3 is 20.3 Å². The lowest BCUT2D eigenvalue weighted by atomic mass is 9.95. The minimum Gasteiger partial charge on any atom is -0.394 e. The van der Waals surface area contributed by atoms with E-state index in [-0.39, 0.29) is 12.7 Å². The number of aliphatic hydroxyl groups excluding tert-OH is 2. The van der Waals surface area contributed by atoms with Gasteiger partial charge in [0, 0.05) is 13.0 Å². The van der Waals surface area contributed by atoms with E-state index in [0.29, 0.717) is 18.8 Å². The minimum absolute atomic E-state index is 0.346. The number of alkyl halides is 1. The summed E-state index contributed by atoms with van der Waals surface area (Å²) in [5, 5.41) is 21.5. The van der Waals surface area contributed by atoms with Gasteiger partial charge in [0.05, 0.1) is 24.6 Å².